The highest BCUT2D eigenvalue weighted by Gasteiger charge is 2.13. The third kappa shape index (κ3) is 4.55. The van der Waals surface area contributed by atoms with Gasteiger partial charge in [0.05, 0.1) is 5.56 Å². The number of nitrogens with one attached hydrogen (secondary N) is 1. The van der Waals surface area contributed by atoms with E-state index in [1.165, 1.54) is 0 Å². The summed E-state index contributed by atoms with van der Waals surface area (Å²) in [6.45, 7) is 0.733. The Balaban J connectivity index is 1.44. The molecular formula is C25H21NO3. The first kappa shape index (κ1) is 18.6. The van der Waals surface area contributed by atoms with Gasteiger partial charge in [-0.05, 0) is 35.7 Å². The Morgan fingerprint density at radius 3 is 2.28 bits per heavy atom. The highest BCUT2D eigenvalue weighted by Crippen LogP contribution is 2.25. The zero-order valence-corrected chi connectivity index (χ0v) is 15.9. The molecule has 0 bridgehead atoms. The molecule has 4 aromatic carbocycles. The van der Waals surface area contributed by atoms with Gasteiger partial charge in [-0.3, -0.25) is 4.79 Å². The minimum absolute atomic E-state index is 0.207. The fourth-order valence-electron chi connectivity index (χ4n) is 3.13. The molecule has 0 radical (unpaired) electrons. The summed E-state index contributed by atoms with van der Waals surface area (Å²) >= 11 is 0. The first-order valence-electron chi connectivity index (χ1n) is 9.50. The van der Waals surface area contributed by atoms with Crippen LogP contribution in [0.3, 0.4) is 0 Å². The van der Waals surface area contributed by atoms with E-state index in [1.807, 2.05) is 84.9 Å². The van der Waals surface area contributed by atoms with Crippen molar-refractivity contribution in [2.45, 2.75) is 0 Å². The smallest absolute Gasteiger partial charge is 0.259 e. The van der Waals surface area contributed by atoms with E-state index in [0.29, 0.717) is 24.5 Å². The second kappa shape index (κ2) is 8.93. The van der Waals surface area contributed by atoms with Gasteiger partial charge in [0.25, 0.3) is 5.91 Å². The predicted octanol–water partition coefficient (Wildman–Crippen LogP) is 5.55. The number of hydrogen-bond acceptors (Lipinski definition) is 3. The van der Waals surface area contributed by atoms with Crippen molar-refractivity contribution < 1.29 is 14.3 Å². The highest BCUT2D eigenvalue weighted by molar-refractivity contribution is 6.10. The molecule has 29 heavy (non-hydrogen) atoms. The quantitative estimate of drug-likeness (QED) is 0.426. The zero-order chi connectivity index (χ0) is 19.9. The normalized spacial score (nSPS) is 10.5. The summed E-state index contributed by atoms with van der Waals surface area (Å²) in [5.74, 6) is 1.11. The molecule has 0 heterocycles. The van der Waals surface area contributed by atoms with Gasteiger partial charge in [0.15, 0.2) is 0 Å². The molecule has 0 aliphatic rings. The molecule has 4 nitrogen and oxygen atoms in total. The zero-order valence-electron chi connectivity index (χ0n) is 15.9. The number of carbonyl (C=O) groups is 1. The third-order valence-electron chi connectivity index (χ3n) is 4.52. The highest BCUT2D eigenvalue weighted by atomic mass is 16.5. The van der Waals surface area contributed by atoms with Gasteiger partial charge in [-0.15, -0.1) is 0 Å². The molecule has 0 fully saturated rings. The van der Waals surface area contributed by atoms with E-state index in [-0.39, 0.29) is 5.91 Å². The maximum Gasteiger partial charge on any atom is 0.259 e. The van der Waals surface area contributed by atoms with Crippen molar-refractivity contribution in [3.8, 4) is 11.5 Å². The number of amides is 1. The number of ether oxygens (including phenoxy) is 2. The van der Waals surface area contributed by atoms with Crippen LogP contribution in [0, 0.1) is 0 Å². The predicted molar refractivity (Wildman–Crippen MR) is 116 cm³/mol. The molecule has 0 saturated carbocycles. The van der Waals surface area contributed by atoms with Crippen molar-refractivity contribution in [1.82, 2.24) is 0 Å². The van der Waals surface area contributed by atoms with Gasteiger partial charge in [-0.1, -0.05) is 66.7 Å². The Morgan fingerprint density at radius 2 is 1.38 bits per heavy atom. The van der Waals surface area contributed by atoms with E-state index in [0.717, 1.165) is 22.2 Å². The van der Waals surface area contributed by atoms with Gasteiger partial charge < -0.3 is 14.8 Å². The Kier molecular flexibility index (Phi) is 5.72. The SMILES string of the molecule is O=C(Nc1cccc2ccccc12)c1ccccc1OCCOc1ccccc1. The Bertz CT molecular complexity index is 1100. The number of rotatable bonds is 7. The van der Waals surface area contributed by atoms with Gasteiger partial charge in [0.2, 0.25) is 0 Å². The number of anilines is 1. The van der Waals surface area contributed by atoms with Crippen LogP contribution in [0.25, 0.3) is 10.8 Å². The van der Waals surface area contributed by atoms with E-state index < -0.39 is 0 Å². The van der Waals surface area contributed by atoms with Crippen LogP contribution >= 0.6 is 0 Å². The van der Waals surface area contributed by atoms with Crippen LogP contribution in [-0.2, 0) is 0 Å². The summed E-state index contributed by atoms with van der Waals surface area (Å²) in [6.07, 6.45) is 0. The lowest BCUT2D eigenvalue weighted by molar-refractivity contribution is 0.102. The van der Waals surface area contributed by atoms with Crippen molar-refractivity contribution in [2.75, 3.05) is 18.5 Å². The minimum Gasteiger partial charge on any atom is -0.490 e. The molecule has 4 heteroatoms. The van der Waals surface area contributed by atoms with E-state index in [1.54, 1.807) is 12.1 Å². The average Bonchev–Trinajstić information content (AvgIpc) is 2.78. The van der Waals surface area contributed by atoms with Crippen molar-refractivity contribution in [2.24, 2.45) is 0 Å². The summed E-state index contributed by atoms with van der Waals surface area (Å²) < 4.78 is 11.5. The molecule has 144 valence electrons. The Morgan fingerprint density at radius 1 is 0.690 bits per heavy atom. The lowest BCUT2D eigenvalue weighted by atomic mass is 10.1. The van der Waals surface area contributed by atoms with Crippen LogP contribution in [0.2, 0.25) is 0 Å². The molecule has 4 aromatic rings. The molecule has 0 unspecified atom stereocenters. The van der Waals surface area contributed by atoms with E-state index >= 15 is 0 Å². The summed E-state index contributed by atoms with van der Waals surface area (Å²) in [7, 11) is 0. The van der Waals surface area contributed by atoms with Crippen LogP contribution in [0.4, 0.5) is 5.69 Å². The van der Waals surface area contributed by atoms with Gasteiger partial charge >= 0.3 is 0 Å². The summed E-state index contributed by atoms with van der Waals surface area (Å²) in [6, 6.07) is 30.6. The fourth-order valence-corrected chi connectivity index (χ4v) is 3.13. The van der Waals surface area contributed by atoms with Crippen molar-refractivity contribution in [3.05, 3.63) is 103 Å². The minimum atomic E-state index is -0.207. The number of carbonyl (C=O) groups excluding carboxylic acids is 1. The monoisotopic (exact) mass is 383 g/mol. The molecule has 1 amide bonds. The largest absolute Gasteiger partial charge is 0.490 e. The van der Waals surface area contributed by atoms with Crippen LogP contribution < -0.4 is 14.8 Å². The summed E-state index contributed by atoms with van der Waals surface area (Å²) in [5, 5.41) is 5.08. The number of hydrogen-bond donors (Lipinski definition) is 1. The molecule has 0 aliphatic carbocycles. The van der Waals surface area contributed by atoms with Gasteiger partial charge in [0.1, 0.15) is 24.7 Å². The Hall–Kier alpha value is -3.79. The first-order chi connectivity index (χ1) is 14.3. The number of para-hydroxylation sites is 2. The van der Waals surface area contributed by atoms with Gasteiger partial charge in [0, 0.05) is 11.1 Å². The van der Waals surface area contributed by atoms with Crippen LogP contribution in [0.5, 0.6) is 11.5 Å². The third-order valence-corrected chi connectivity index (χ3v) is 4.52. The standard InChI is InChI=1S/C25H21NO3/c27-25(26-23-15-8-10-19-9-4-5-13-21(19)23)22-14-6-7-16-24(22)29-18-17-28-20-11-2-1-3-12-20/h1-16H,17-18H2,(H,26,27). The van der Waals surface area contributed by atoms with Gasteiger partial charge in [-0.2, -0.15) is 0 Å². The molecule has 1 N–H and O–H groups in total. The van der Waals surface area contributed by atoms with Crippen molar-refractivity contribution in [3.63, 3.8) is 0 Å². The van der Waals surface area contributed by atoms with E-state index in [9.17, 15) is 4.79 Å². The summed E-state index contributed by atoms with van der Waals surface area (Å²) in [5.41, 5.74) is 1.26. The van der Waals surface area contributed by atoms with E-state index in [2.05, 4.69) is 5.32 Å². The van der Waals surface area contributed by atoms with Crippen LogP contribution in [0.15, 0.2) is 97.1 Å². The van der Waals surface area contributed by atoms with Crippen LogP contribution in [-0.4, -0.2) is 19.1 Å². The lowest BCUT2D eigenvalue weighted by Gasteiger charge is -2.13. The van der Waals surface area contributed by atoms with Gasteiger partial charge in [-0.25, -0.2) is 0 Å². The maximum atomic E-state index is 12.9. The van der Waals surface area contributed by atoms with Crippen molar-refractivity contribution >= 4 is 22.4 Å². The fraction of sp³-hybridized carbons (Fsp3) is 0.0800. The molecular weight excluding hydrogens is 362 g/mol. The second-order valence-corrected chi connectivity index (χ2v) is 6.49. The van der Waals surface area contributed by atoms with Crippen LogP contribution in [0.1, 0.15) is 10.4 Å². The average molecular weight is 383 g/mol. The lowest BCUT2D eigenvalue weighted by Crippen LogP contribution is -2.15. The molecule has 0 aliphatic heterocycles. The molecule has 0 atom stereocenters. The number of benzene rings is 4. The molecule has 0 spiro atoms. The molecule has 0 saturated heterocycles. The first-order valence-corrected chi connectivity index (χ1v) is 9.50. The maximum absolute atomic E-state index is 12.9. The molecule has 4 rings (SSSR count). The Labute approximate surface area is 169 Å². The van der Waals surface area contributed by atoms with Crippen molar-refractivity contribution in [1.29, 1.82) is 0 Å². The second-order valence-electron chi connectivity index (χ2n) is 6.49. The van der Waals surface area contributed by atoms with E-state index in [4.69, 9.17) is 9.47 Å². The molecule has 0 aromatic heterocycles. The topological polar surface area (TPSA) is 47.6 Å². The summed E-state index contributed by atoms with van der Waals surface area (Å²) in [4.78, 5) is 12.9. The number of fused-ring (bicyclic) bond motifs is 1.